The number of carbonyl (C=O) groups is 2. The number of morpholine rings is 1. The Balaban J connectivity index is 1.35. The minimum absolute atomic E-state index is 0.169. The van der Waals surface area contributed by atoms with E-state index in [1.165, 1.54) is 59.9 Å². The smallest absolute Gasteiger partial charge is 0.335 e. The van der Waals surface area contributed by atoms with Crippen molar-refractivity contribution in [3.05, 3.63) is 59.2 Å². The van der Waals surface area contributed by atoms with E-state index in [2.05, 4.69) is 39.8 Å². The van der Waals surface area contributed by atoms with Crippen molar-refractivity contribution in [2.45, 2.75) is 57.0 Å². The van der Waals surface area contributed by atoms with E-state index in [0.717, 1.165) is 25.0 Å². The highest BCUT2D eigenvalue weighted by Gasteiger charge is 2.42. The van der Waals surface area contributed by atoms with Gasteiger partial charge in [-0.2, -0.15) is 0 Å². The minimum Gasteiger partial charge on any atom is -0.478 e. The molecule has 1 aromatic heterocycles. The van der Waals surface area contributed by atoms with Crippen molar-refractivity contribution in [1.82, 2.24) is 14.4 Å². The van der Waals surface area contributed by atoms with E-state index in [9.17, 15) is 14.7 Å². The Kier molecular flexibility index (Phi) is 6.44. The molecule has 204 valence electrons. The summed E-state index contributed by atoms with van der Waals surface area (Å²) < 4.78 is 7.92. The predicted octanol–water partition coefficient (Wildman–Crippen LogP) is 5.29. The van der Waals surface area contributed by atoms with E-state index in [0.29, 0.717) is 50.2 Å². The average Bonchev–Trinajstić information content (AvgIpc) is 3.47. The topological polar surface area (TPSA) is 75.0 Å². The maximum absolute atomic E-state index is 13.3. The Morgan fingerprint density at radius 2 is 1.74 bits per heavy atom. The Bertz CT molecular complexity index is 1420. The molecule has 0 unspecified atom stereocenters. The number of carboxylic acids is 1. The van der Waals surface area contributed by atoms with Gasteiger partial charge in [0.1, 0.15) is 0 Å². The molecule has 1 amide bonds. The van der Waals surface area contributed by atoms with Crippen molar-refractivity contribution in [2.75, 3.05) is 39.4 Å². The molecular formula is C32H37N3O4. The highest BCUT2D eigenvalue weighted by atomic mass is 16.5. The molecular weight excluding hydrogens is 490 g/mol. The summed E-state index contributed by atoms with van der Waals surface area (Å²) in [6.07, 6.45) is 7.17. The summed E-state index contributed by atoms with van der Waals surface area (Å²) in [5, 5.41) is 11.0. The second-order valence-corrected chi connectivity index (χ2v) is 11.8. The summed E-state index contributed by atoms with van der Waals surface area (Å²) >= 11 is 0. The van der Waals surface area contributed by atoms with Gasteiger partial charge in [-0.25, -0.2) is 4.79 Å². The molecule has 0 bridgehead atoms. The van der Waals surface area contributed by atoms with Crippen LogP contribution in [0.1, 0.15) is 72.0 Å². The van der Waals surface area contributed by atoms with E-state index in [4.69, 9.17) is 4.74 Å². The zero-order valence-corrected chi connectivity index (χ0v) is 22.5. The molecule has 4 aliphatic rings. The highest BCUT2D eigenvalue weighted by molar-refractivity contribution is 5.98. The maximum Gasteiger partial charge on any atom is 0.335 e. The Morgan fingerprint density at radius 1 is 0.949 bits per heavy atom. The van der Waals surface area contributed by atoms with Gasteiger partial charge in [0.15, 0.2) is 0 Å². The van der Waals surface area contributed by atoms with Crippen LogP contribution in [-0.4, -0.2) is 70.7 Å². The molecule has 1 aliphatic carbocycles. The van der Waals surface area contributed by atoms with Crippen LogP contribution >= 0.6 is 0 Å². The number of hydrogen-bond acceptors (Lipinski definition) is 4. The predicted molar refractivity (Wildman–Crippen MR) is 150 cm³/mol. The minimum atomic E-state index is -0.882. The van der Waals surface area contributed by atoms with Gasteiger partial charge in [0.25, 0.3) is 0 Å². The summed E-state index contributed by atoms with van der Waals surface area (Å²) in [6, 6.07) is 14.7. The van der Waals surface area contributed by atoms with Gasteiger partial charge >= 0.3 is 5.97 Å². The molecule has 7 rings (SSSR count). The van der Waals surface area contributed by atoms with Gasteiger partial charge in [-0.3, -0.25) is 9.69 Å². The van der Waals surface area contributed by atoms with Crippen molar-refractivity contribution < 1.29 is 19.4 Å². The van der Waals surface area contributed by atoms with Crippen LogP contribution < -0.4 is 0 Å². The van der Waals surface area contributed by atoms with Gasteiger partial charge in [-0.15, -0.1) is 0 Å². The third-order valence-electron chi connectivity index (χ3n) is 9.64. The van der Waals surface area contributed by atoms with Crippen LogP contribution in [0.4, 0.5) is 0 Å². The second-order valence-electron chi connectivity index (χ2n) is 11.8. The standard InChI is InChI=1S/C32H37N3O4/c36-28(33-14-16-39-17-15-33)20-34-13-12-23-19-35-27-18-22(32(37)38)10-11-26(27)29(21-6-2-1-3-7-21)31(35)25-9-5-4-8-24(25)30(23)34/h4-5,8-11,18,21,23,30H,1-3,6-7,12-17,19-20H2,(H,37,38)/t23-,30+/m0/s1. The molecule has 7 heteroatoms. The van der Waals surface area contributed by atoms with Gasteiger partial charge in [0, 0.05) is 42.1 Å². The lowest BCUT2D eigenvalue weighted by Gasteiger charge is -2.32. The Labute approximate surface area is 229 Å². The highest BCUT2D eigenvalue weighted by Crippen LogP contribution is 2.51. The number of aromatic nitrogens is 1. The molecule has 3 fully saturated rings. The monoisotopic (exact) mass is 527 g/mol. The van der Waals surface area contributed by atoms with E-state index >= 15 is 0 Å². The first-order chi connectivity index (χ1) is 19.1. The fraction of sp³-hybridized carbons (Fsp3) is 0.500. The van der Waals surface area contributed by atoms with E-state index in [-0.39, 0.29) is 11.9 Å². The quantitative estimate of drug-likeness (QED) is 0.499. The maximum atomic E-state index is 13.3. The third-order valence-corrected chi connectivity index (χ3v) is 9.64. The van der Waals surface area contributed by atoms with Crippen LogP contribution in [-0.2, 0) is 16.1 Å². The lowest BCUT2D eigenvalue weighted by Crippen LogP contribution is -2.45. The molecule has 2 atom stereocenters. The fourth-order valence-electron chi connectivity index (χ4n) is 7.83. The van der Waals surface area contributed by atoms with Crippen LogP contribution in [0.15, 0.2) is 42.5 Å². The van der Waals surface area contributed by atoms with Crippen LogP contribution in [0.2, 0.25) is 0 Å². The van der Waals surface area contributed by atoms with E-state index in [1.54, 1.807) is 6.07 Å². The molecule has 1 N–H and O–H groups in total. The summed E-state index contributed by atoms with van der Waals surface area (Å²) in [7, 11) is 0. The SMILES string of the molecule is O=C(O)c1ccc2c(C3CCCCC3)c3n(c2c1)C[C@@H]1CCN(CC(=O)N2CCOCC2)[C@H]1c1ccccc1-3. The van der Waals surface area contributed by atoms with Crippen LogP contribution in [0.25, 0.3) is 22.2 Å². The number of hydrogen-bond donors (Lipinski definition) is 1. The first-order valence-corrected chi connectivity index (χ1v) is 14.7. The van der Waals surface area contributed by atoms with Gasteiger partial charge in [0.05, 0.1) is 31.0 Å². The van der Waals surface area contributed by atoms with Gasteiger partial charge in [0.2, 0.25) is 5.91 Å². The summed E-state index contributed by atoms with van der Waals surface area (Å²) in [4.78, 5) is 29.6. The molecule has 0 spiro atoms. The Hall–Kier alpha value is -3.16. The molecule has 3 aromatic rings. The number of aromatic carboxylic acids is 1. The number of rotatable bonds is 4. The number of likely N-dealkylation sites (tertiary alicyclic amines) is 1. The molecule has 2 aromatic carbocycles. The van der Waals surface area contributed by atoms with Crippen molar-refractivity contribution in [1.29, 1.82) is 0 Å². The first-order valence-electron chi connectivity index (χ1n) is 14.7. The van der Waals surface area contributed by atoms with Crippen LogP contribution in [0.5, 0.6) is 0 Å². The van der Waals surface area contributed by atoms with Gasteiger partial charge in [-0.05, 0) is 60.9 Å². The largest absolute Gasteiger partial charge is 0.478 e. The summed E-state index contributed by atoms with van der Waals surface area (Å²) in [5.41, 5.74) is 6.64. The van der Waals surface area contributed by atoms with Crippen molar-refractivity contribution in [3.63, 3.8) is 0 Å². The second kappa shape index (κ2) is 10.1. The van der Waals surface area contributed by atoms with Crippen molar-refractivity contribution in [3.8, 4) is 11.3 Å². The normalized spacial score (nSPS) is 23.7. The van der Waals surface area contributed by atoms with Crippen LogP contribution in [0, 0.1) is 5.92 Å². The van der Waals surface area contributed by atoms with Gasteiger partial charge in [-0.1, -0.05) is 49.6 Å². The number of carbonyl (C=O) groups excluding carboxylic acids is 1. The van der Waals surface area contributed by atoms with E-state index in [1.807, 2.05) is 11.0 Å². The van der Waals surface area contributed by atoms with Crippen molar-refractivity contribution >= 4 is 22.8 Å². The molecule has 1 saturated carbocycles. The summed E-state index contributed by atoms with van der Waals surface area (Å²) in [6.45, 7) is 4.74. The van der Waals surface area contributed by atoms with E-state index < -0.39 is 5.97 Å². The number of carboxylic acid groups (broad SMARTS) is 1. The number of benzene rings is 2. The molecule has 39 heavy (non-hydrogen) atoms. The fourth-order valence-corrected chi connectivity index (χ4v) is 7.83. The lowest BCUT2D eigenvalue weighted by atomic mass is 9.81. The molecule has 4 heterocycles. The van der Waals surface area contributed by atoms with Gasteiger partial charge < -0.3 is 19.3 Å². The third kappa shape index (κ3) is 4.27. The number of ether oxygens (including phenoxy) is 1. The van der Waals surface area contributed by atoms with Crippen molar-refractivity contribution in [2.24, 2.45) is 5.92 Å². The zero-order valence-electron chi connectivity index (χ0n) is 22.5. The molecule has 3 aliphatic heterocycles. The van der Waals surface area contributed by atoms with Crippen LogP contribution in [0.3, 0.4) is 0 Å². The number of nitrogens with zero attached hydrogens (tertiary/aromatic N) is 3. The molecule has 0 radical (unpaired) electrons. The molecule has 7 nitrogen and oxygen atoms in total. The molecule has 2 saturated heterocycles. The Morgan fingerprint density at radius 3 is 2.54 bits per heavy atom. The average molecular weight is 528 g/mol. The zero-order chi connectivity index (χ0) is 26.5. The first kappa shape index (κ1) is 24.9. The number of amides is 1. The summed E-state index contributed by atoms with van der Waals surface area (Å²) in [5.74, 6) is 0.151. The lowest BCUT2D eigenvalue weighted by molar-refractivity contribution is -0.136. The number of fused-ring (bicyclic) bond motifs is 7.